The van der Waals surface area contributed by atoms with Crippen molar-refractivity contribution in [2.24, 2.45) is 5.92 Å². The van der Waals surface area contributed by atoms with E-state index in [0.717, 1.165) is 12.2 Å². The summed E-state index contributed by atoms with van der Waals surface area (Å²) in [7, 11) is 0. The van der Waals surface area contributed by atoms with Crippen molar-refractivity contribution in [2.45, 2.75) is 51.0 Å². The summed E-state index contributed by atoms with van der Waals surface area (Å²) in [6, 6.07) is 8.49. The van der Waals surface area contributed by atoms with E-state index in [4.69, 9.17) is 16.3 Å². The van der Waals surface area contributed by atoms with Crippen LogP contribution in [0.3, 0.4) is 0 Å². The lowest BCUT2D eigenvalue weighted by molar-refractivity contribution is 0.242. The molecule has 1 nitrogen and oxygen atoms in total. The fraction of sp³-hybridized carbons (Fsp3) is 0.600. The van der Waals surface area contributed by atoms with Crippen LogP contribution in [0.2, 0.25) is 0 Å². The highest BCUT2D eigenvalue weighted by Crippen LogP contribution is 2.42. The Hall–Kier alpha value is -0.690. The normalized spacial score (nSPS) is 28.6. The summed E-state index contributed by atoms with van der Waals surface area (Å²) in [5.74, 6) is 2.13. The van der Waals surface area contributed by atoms with Gasteiger partial charge in [-0.05, 0) is 56.2 Å². The van der Waals surface area contributed by atoms with Crippen LogP contribution in [0.4, 0.5) is 0 Å². The van der Waals surface area contributed by atoms with Crippen molar-refractivity contribution in [3.63, 3.8) is 0 Å². The first-order valence-corrected chi connectivity index (χ1v) is 6.92. The van der Waals surface area contributed by atoms with Crippen LogP contribution in [-0.4, -0.2) is 11.5 Å². The maximum atomic E-state index is 6.30. The standard InChI is InChI=1S/C15H21ClO/c1-10(2)17-13-6-4-5-12(9-13)14-7-8-15(16)11(14)3/h4-6,9-11,14-15H,7-8H2,1-3H3. The molecule has 3 unspecified atom stereocenters. The second-order valence-electron chi connectivity index (χ2n) is 5.30. The van der Waals surface area contributed by atoms with Gasteiger partial charge in [0, 0.05) is 5.38 Å². The summed E-state index contributed by atoms with van der Waals surface area (Å²) < 4.78 is 5.74. The minimum Gasteiger partial charge on any atom is -0.491 e. The molecule has 0 heterocycles. The van der Waals surface area contributed by atoms with Crippen LogP contribution >= 0.6 is 11.6 Å². The second-order valence-corrected chi connectivity index (χ2v) is 5.86. The molecule has 0 amide bonds. The number of benzene rings is 1. The molecule has 1 saturated carbocycles. The number of hydrogen-bond acceptors (Lipinski definition) is 1. The van der Waals surface area contributed by atoms with Gasteiger partial charge in [0.25, 0.3) is 0 Å². The van der Waals surface area contributed by atoms with Gasteiger partial charge in [-0.25, -0.2) is 0 Å². The van der Waals surface area contributed by atoms with Crippen molar-refractivity contribution < 1.29 is 4.74 Å². The van der Waals surface area contributed by atoms with Crippen molar-refractivity contribution in [1.29, 1.82) is 0 Å². The molecule has 0 saturated heterocycles. The Labute approximate surface area is 109 Å². The third-order valence-electron chi connectivity index (χ3n) is 3.62. The quantitative estimate of drug-likeness (QED) is 0.715. The topological polar surface area (TPSA) is 9.23 Å². The maximum absolute atomic E-state index is 6.30. The van der Waals surface area contributed by atoms with Gasteiger partial charge in [-0.15, -0.1) is 11.6 Å². The van der Waals surface area contributed by atoms with E-state index in [2.05, 4.69) is 39.0 Å². The first-order valence-electron chi connectivity index (χ1n) is 6.48. The lowest BCUT2D eigenvalue weighted by Gasteiger charge is -2.19. The molecule has 0 radical (unpaired) electrons. The molecule has 0 N–H and O–H groups in total. The van der Waals surface area contributed by atoms with Crippen molar-refractivity contribution >= 4 is 11.6 Å². The van der Waals surface area contributed by atoms with Crippen LogP contribution in [0.25, 0.3) is 0 Å². The molecule has 2 rings (SSSR count). The molecule has 1 aliphatic rings. The zero-order valence-electron chi connectivity index (χ0n) is 10.8. The van der Waals surface area contributed by atoms with E-state index in [1.54, 1.807) is 0 Å². The Morgan fingerprint density at radius 3 is 2.65 bits per heavy atom. The zero-order valence-corrected chi connectivity index (χ0v) is 11.6. The maximum Gasteiger partial charge on any atom is 0.119 e. The Balaban J connectivity index is 2.16. The third-order valence-corrected chi connectivity index (χ3v) is 4.23. The third kappa shape index (κ3) is 2.95. The number of ether oxygens (including phenoxy) is 1. The molecule has 0 bridgehead atoms. The molecule has 2 heteroatoms. The molecule has 0 aliphatic heterocycles. The summed E-state index contributed by atoms with van der Waals surface area (Å²) in [5, 5.41) is 0.328. The highest BCUT2D eigenvalue weighted by Gasteiger charge is 2.32. The number of rotatable bonds is 3. The average molecular weight is 253 g/mol. The van der Waals surface area contributed by atoms with Gasteiger partial charge in [-0.1, -0.05) is 19.1 Å². The van der Waals surface area contributed by atoms with Gasteiger partial charge in [0.2, 0.25) is 0 Å². The number of hydrogen-bond donors (Lipinski definition) is 0. The van der Waals surface area contributed by atoms with Gasteiger partial charge in [0.15, 0.2) is 0 Å². The molecule has 3 atom stereocenters. The smallest absolute Gasteiger partial charge is 0.119 e. The SMILES string of the molecule is CC(C)Oc1cccc(C2CCC(Cl)C2C)c1. The van der Waals surface area contributed by atoms with Crippen LogP contribution in [0.5, 0.6) is 5.75 Å². The van der Waals surface area contributed by atoms with E-state index < -0.39 is 0 Å². The van der Waals surface area contributed by atoms with Gasteiger partial charge in [-0.3, -0.25) is 0 Å². The van der Waals surface area contributed by atoms with Crippen LogP contribution < -0.4 is 4.74 Å². The van der Waals surface area contributed by atoms with Crippen molar-refractivity contribution in [3.05, 3.63) is 29.8 Å². The van der Waals surface area contributed by atoms with Gasteiger partial charge in [0.05, 0.1) is 6.10 Å². The van der Waals surface area contributed by atoms with E-state index in [9.17, 15) is 0 Å². The van der Waals surface area contributed by atoms with E-state index >= 15 is 0 Å². The van der Waals surface area contributed by atoms with Crippen LogP contribution in [0.1, 0.15) is 45.1 Å². The molecule has 1 aromatic carbocycles. The Morgan fingerprint density at radius 1 is 1.29 bits per heavy atom. The zero-order chi connectivity index (χ0) is 12.4. The average Bonchev–Trinajstić information content (AvgIpc) is 2.59. The first-order chi connectivity index (χ1) is 8.08. The predicted octanol–water partition coefficient (Wildman–Crippen LogP) is 4.59. The predicted molar refractivity (Wildman–Crippen MR) is 73.0 cm³/mol. The fourth-order valence-electron chi connectivity index (χ4n) is 2.68. The molecule has 17 heavy (non-hydrogen) atoms. The molecular formula is C15H21ClO. The number of halogens is 1. The van der Waals surface area contributed by atoms with Crippen LogP contribution in [0.15, 0.2) is 24.3 Å². The van der Waals surface area contributed by atoms with E-state index in [0.29, 0.717) is 17.2 Å². The Kier molecular flexibility index (Phi) is 3.98. The highest BCUT2D eigenvalue weighted by atomic mass is 35.5. The molecule has 94 valence electrons. The van der Waals surface area contributed by atoms with E-state index in [-0.39, 0.29) is 6.10 Å². The van der Waals surface area contributed by atoms with Crippen LogP contribution in [0, 0.1) is 5.92 Å². The fourth-order valence-corrected chi connectivity index (χ4v) is 2.98. The van der Waals surface area contributed by atoms with E-state index in [1.165, 1.54) is 12.0 Å². The Morgan fingerprint density at radius 2 is 2.06 bits per heavy atom. The summed E-state index contributed by atoms with van der Waals surface area (Å²) >= 11 is 6.30. The Bertz CT molecular complexity index is 375. The largest absolute Gasteiger partial charge is 0.491 e. The first kappa shape index (κ1) is 12.8. The minimum atomic E-state index is 0.229. The summed E-state index contributed by atoms with van der Waals surface area (Å²) in [4.78, 5) is 0. The lowest BCUT2D eigenvalue weighted by atomic mass is 9.90. The van der Waals surface area contributed by atoms with Gasteiger partial charge >= 0.3 is 0 Å². The molecule has 0 aromatic heterocycles. The van der Waals surface area contributed by atoms with Crippen molar-refractivity contribution in [3.8, 4) is 5.75 Å². The van der Waals surface area contributed by atoms with E-state index in [1.807, 2.05) is 6.07 Å². The van der Waals surface area contributed by atoms with Gasteiger partial charge < -0.3 is 4.74 Å². The minimum absolute atomic E-state index is 0.229. The molecule has 1 fully saturated rings. The second kappa shape index (κ2) is 5.30. The summed E-state index contributed by atoms with van der Waals surface area (Å²) in [6.45, 7) is 6.37. The highest BCUT2D eigenvalue weighted by molar-refractivity contribution is 6.21. The monoisotopic (exact) mass is 252 g/mol. The van der Waals surface area contributed by atoms with Crippen LogP contribution in [-0.2, 0) is 0 Å². The molecule has 0 spiro atoms. The molecule has 1 aliphatic carbocycles. The van der Waals surface area contributed by atoms with Gasteiger partial charge in [-0.2, -0.15) is 0 Å². The lowest BCUT2D eigenvalue weighted by Crippen LogP contribution is -2.10. The van der Waals surface area contributed by atoms with Gasteiger partial charge in [0.1, 0.15) is 5.75 Å². The summed E-state index contributed by atoms with van der Waals surface area (Å²) in [5.41, 5.74) is 1.37. The molecular weight excluding hydrogens is 232 g/mol. The molecule has 1 aromatic rings. The summed E-state index contributed by atoms with van der Waals surface area (Å²) in [6.07, 6.45) is 2.55. The number of alkyl halides is 1. The van der Waals surface area contributed by atoms with Crippen molar-refractivity contribution in [2.75, 3.05) is 0 Å². The van der Waals surface area contributed by atoms with Crippen molar-refractivity contribution in [1.82, 2.24) is 0 Å².